The monoisotopic (exact) mass is 205 g/mol. The Bertz CT molecular complexity index is 435. The SMILES string of the molecule is CC(=O)/C=C/c1ccc(O)c(C(N)=O)c1. The minimum absolute atomic E-state index is 0.0423. The Labute approximate surface area is 87.0 Å². The standard InChI is InChI=1S/C11H11NO3/c1-7(13)2-3-8-4-5-10(14)9(6-8)11(12)15/h2-6,14H,1H3,(H2,12,15)/b3-2+. The molecule has 0 aromatic heterocycles. The number of allylic oxidation sites excluding steroid dienone is 1. The molecule has 0 radical (unpaired) electrons. The first-order valence-corrected chi connectivity index (χ1v) is 4.32. The third-order valence-corrected chi connectivity index (χ3v) is 1.80. The summed E-state index contributed by atoms with van der Waals surface area (Å²) in [6.07, 6.45) is 2.92. The number of hydrogen-bond acceptors (Lipinski definition) is 3. The summed E-state index contributed by atoms with van der Waals surface area (Å²) < 4.78 is 0. The van der Waals surface area contributed by atoms with Gasteiger partial charge in [0, 0.05) is 0 Å². The number of primary amides is 1. The lowest BCUT2D eigenvalue weighted by atomic mass is 10.1. The van der Waals surface area contributed by atoms with Crippen LogP contribution in [0.1, 0.15) is 22.8 Å². The first kappa shape index (κ1) is 11.0. The molecule has 0 fully saturated rings. The molecular formula is C11H11NO3. The van der Waals surface area contributed by atoms with Crippen LogP contribution in [0, 0.1) is 0 Å². The maximum Gasteiger partial charge on any atom is 0.252 e. The molecular weight excluding hydrogens is 194 g/mol. The van der Waals surface area contributed by atoms with Crippen LogP contribution in [0.25, 0.3) is 6.08 Å². The summed E-state index contributed by atoms with van der Waals surface area (Å²) in [5.41, 5.74) is 5.73. The van der Waals surface area contributed by atoms with Crippen molar-refractivity contribution in [1.29, 1.82) is 0 Å². The Morgan fingerprint density at radius 3 is 2.60 bits per heavy atom. The highest BCUT2D eigenvalue weighted by Gasteiger charge is 2.06. The number of ketones is 1. The molecule has 1 aromatic carbocycles. The van der Waals surface area contributed by atoms with Crippen LogP contribution < -0.4 is 5.73 Å². The van der Waals surface area contributed by atoms with Gasteiger partial charge < -0.3 is 10.8 Å². The number of carbonyl (C=O) groups is 2. The number of aromatic hydroxyl groups is 1. The summed E-state index contributed by atoms with van der Waals surface area (Å²) in [5, 5.41) is 9.29. The van der Waals surface area contributed by atoms with Crippen molar-refractivity contribution < 1.29 is 14.7 Å². The largest absolute Gasteiger partial charge is 0.507 e. The Hall–Kier alpha value is -2.10. The van der Waals surface area contributed by atoms with Crippen LogP contribution in [0.5, 0.6) is 5.75 Å². The van der Waals surface area contributed by atoms with Gasteiger partial charge in [-0.3, -0.25) is 9.59 Å². The minimum atomic E-state index is -0.703. The second-order valence-corrected chi connectivity index (χ2v) is 3.08. The average Bonchev–Trinajstić information content (AvgIpc) is 2.16. The molecule has 0 bridgehead atoms. The first-order valence-electron chi connectivity index (χ1n) is 4.32. The highest BCUT2D eigenvalue weighted by Crippen LogP contribution is 2.18. The van der Waals surface area contributed by atoms with Crippen molar-refractivity contribution >= 4 is 17.8 Å². The summed E-state index contributed by atoms with van der Waals surface area (Å²) >= 11 is 0. The highest BCUT2D eigenvalue weighted by atomic mass is 16.3. The van der Waals surface area contributed by atoms with Gasteiger partial charge in [0.2, 0.25) is 0 Å². The smallest absolute Gasteiger partial charge is 0.252 e. The Morgan fingerprint density at radius 2 is 2.07 bits per heavy atom. The van der Waals surface area contributed by atoms with Crippen molar-refractivity contribution in [2.75, 3.05) is 0 Å². The van der Waals surface area contributed by atoms with E-state index in [0.717, 1.165) is 0 Å². The third-order valence-electron chi connectivity index (χ3n) is 1.80. The topological polar surface area (TPSA) is 80.4 Å². The molecule has 1 aromatic rings. The fraction of sp³-hybridized carbons (Fsp3) is 0.0909. The molecule has 15 heavy (non-hydrogen) atoms. The van der Waals surface area contributed by atoms with Gasteiger partial charge in [0.1, 0.15) is 5.75 Å². The summed E-state index contributed by atoms with van der Waals surface area (Å²) in [7, 11) is 0. The van der Waals surface area contributed by atoms with Gasteiger partial charge in [-0.25, -0.2) is 0 Å². The van der Waals surface area contributed by atoms with Crippen LogP contribution in [0.3, 0.4) is 0 Å². The molecule has 4 nitrogen and oxygen atoms in total. The average molecular weight is 205 g/mol. The van der Waals surface area contributed by atoms with Gasteiger partial charge in [-0.15, -0.1) is 0 Å². The van der Waals surface area contributed by atoms with E-state index in [4.69, 9.17) is 5.73 Å². The molecule has 0 heterocycles. The number of phenols is 1. The van der Waals surface area contributed by atoms with E-state index < -0.39 is 5.91 Å². The molecule has 0 saturated carbocycles. The van der Waals surface area contributed by atoms with Crippen LogP contribution in [-0.2, 0) is 4.79 Å². The van der Waals surface area contributed by atoms with Crippen molar-refractivity contribution in [3.05, 3.63) is 35.4 Å². The van der Waals surface area contributed by atoms with Crippen molar-refractivity contribution in [1.82, 2.24) is 0 Å². The predicted molar refractivity (Wildman–Crippen MR) is 56.3 cm³/mol. The van der Waals surface area contributed by atoms with E-state index in [9.17, 15) is 14.7 Å². The molecule has 0 unspecified atom stereocenters. The van der Waals surface area contributed by atoms with Gasteiger partial charge in [0.25, 0.3) is 5.91 Å². The van der Waals surface area contributed by atoms with E-state index in [1.54, 1.807) is 12.1 Å². The molecule has 4 heteroatoms. The van der Waals surface area contributed by atoms with Crippen LogP contribution in [-0.4, -0.2) is 16.8 Å². The molecule has 0 aliphatic rings. The van der Waals surface area contributed by atoms with Gasteiger partial charge in [-0.1, -0.05) is 12.1 Å². The second-order valence-electron chi connectivity index (χ2n) is 3.08. The molecule has 1 amide bonds. The number of carbonyl (C=O) groups excluding carboxylic acids is 2. The lowest BCUT2D eigenvalue weighted by Crippen LogP contribution is -2.11. The van der Waals surface area contributed by atoms with Gasteiger partial charge in [-0.2, -0.15) is 0 Å². The van der Waals surface area contributed by atoms with Crippen LogP contribution in [0.2, 0.25) is 0 Å². The van der Waals surface area contributed by atoms with Crippen LogP contribution in [0.15, 0.2) is 24.3 Å². The molecule has 0 aliphatic heterocycles. The number of hydrogen-bond donors (Lipinski definition) is 2. The third kappa shape index (κ3) is 2.95. The molecule has 0 saturated heterocycles. The van der Waals surface area contributed by atoms with Gasteiger partial charge in [0.15, 0.2) is 5.78 Å². The number of benzene rings is 1. The summed E-state index contributed by atoms with van der Waals surface area (Å²) in [6, 6.07) is 4.37. The maximum atomic E-state index is 10.9. The summed E-state index contributed by atoms with van der Waals surface area (Å²) in [6.45, 7) is 1.42. The Morgan fingerprint density at radius 1 is 1.40 bits per heavy atom. The van der Waals surface area contributed by atoms with Crippen molar-refractivity contribution in [2.45, 2.75) is 6.92 Å². The molecule has 1 rings (SSSR count). The first-order chi connectivity index (χ1) is 7.00. The lowest BCUT2D eigenvalue weighted by Gasteiger charge is -2.01. The fourth-order valence-corrected chi connectivity index (χ4v) is 1.07. The zero-order chi connectivity index (χ0) is 11.4. The highest BCUT2D eigenvalue weighted by molar-refractivity contribution is 5.97. The number of rotatable bonds is 3. The summed E-state index contributed by atoms with van der Waals surface area (Å²) in [4.78, 5) is 21.6. The zero-order valence-electron chi connectivity index (χ0n) is 8.23. The van der Waals surface area contributed by atoms with Crippen molar-refractivity contribution in [2.24, 2.45) is 5.73 Å². The molecule has 0 atom stereocenters. The maximum absolute atomic E-state index is 10.9. The minimum Gasteiger partial charge on any atom is -0.507 e. The zero-order valence-corrected chi connectivity index (χ0v) is 8.23. The van der Waals surface area contributed by atoms with E-state index >= 15 is 0 Å². The van der Waals surface area contributed by atoms with Crippen LogP contribution >= 0.6 is 0 Å². The van der Waals surface area contributed by atoms with Crippen molar-refractivity contribution in [3.63, 3.8) is 0 Å². The van der Waals surface area contributed by atoms with Gasteiger partial charge in [0.05, 0.1) is 5.56 Å². The van der Waals surface area contributed by atoms with Crippen LogP contribution in [0.4, 0.5) is 0 Å². The van der Waals surface area contributed by atoms with Crippen molar-refractivity contribution in [3.8, 4) is 5.75 Å². The number of nitrogens with two attached hydrogens (primary N) is 1. The fourth-order valence-electron chi connectivity index (χ4n) is 1.07. The molecule has 3 N–H and O–H groups in total. The van der Waals surface area contributed by atoms with E-state index in [1.165, 1.54) is 25.1 Å². The molecule has 0 spiro atoms. The predicted octanol–water partition coefficient (Wildman–Crippen LogP) is 1.09. The molecule has 78 valence electrons. The number of amides is 1. The summed E-state index contributed by atoms with van der Waals surface area (Å²) in [5.74, 6) is -0.961. The normalized spacial score (nSPS) is 10.5. The van der Waals surface area contributed by atoms with E-state index in [1.807, 2.05) is 0 Å². The molecule has 0 aliphatic carbocycles. The second kappa shape index (κ2) is 4.41. The van der Waals surface area contributed by atoms with E-state index in [2.05, 4.69) is 0 Å². The Kier molecular flexibility index (Phi) is 3.23. The quantitative estimate of drug-likeness (QED) is 0.725. The lowest BCUT2D eigenvalue weighted by molar-refractivity contribution is -0.112. The van der Waals surface area contributed by atoms with E-state index in [0.29, 0.717) is 5.56 Å². The Balaban J connectivity index is 3.08. The van der Waals surface area contributed by atoms with E-state index in [-0.39, 0.29) is 17.1 Å². The van der Waals surface area contributed by atoms with Gasteiger partial charge in [-0.05, 0) is 30.7 Å². The van der Waals surface area contributed by atoms with Gasteiger partial charge >= 0.3 is 0 Å².